The van der Waals surface area contributed by atoms with E-state index in [0.29, 0.717) is 17.4 Å². The van der Waals surface area contributed by atoms with Gasteiger partial charge in [-0.25, -0.2) is 9.07 Å². The normalized spacial score (nSPS) is 16.5. The molecule has 6 nitrogen and oxygen atoms in total. The SMILES string of the molecule is NC1(c2noc(-c3ccn(-c4ccc(F)cc4)n3)n2)CCC1. The Labute approximate surface area is 125 Å². The van der Waals surface area contributed by atoms with Crippen LogP contribution in [0.2, 0.25) is 0 Å². The van der Waals surface area contributed by atoms with Crippen LogP contribution in [0.1, 0.15) is 25.1 Å². The van der Waals surface area contributed by atoms with Gasteiger partial charge in [-0.15, -0.1) is 0 Å². The molecule has 0 radical (unpaired) electrons. The summed E-state index contributed by atoms with van der Waals surface area (Å²) in [4.78, 5) is 4.36. The molecule has 2 N–H and O–H groups in total. The highest BCUT2D eigenvalue weighted by molar-refractivity contribution is 5.47. The molecule has 0 bridgehead atoms. The number of benzene rings is 1. The molecule has 1 aromatic carbocycles. The molecule has 0 saturated heterocycles. The van der Waals surface area contributed by atoms with Crippen LogP contribution < -0.4 is 5.73 Å². The first-order valence-electron chi connectivity index (χ1n) is 7.09. The van der Waals surface area contributed by atoms with E-state index >= 15 is 0 Å². The van der Waals surface area contributed by atoms with Gasteiger partial charge in [-0.3, -0.25) is 0 Å². The first-order chi connectivity index (χ1) is 10.6. The predicted octanol–water partition coefficient (Wildman–Crippen LogP) is 2.40. The molecule has 2 aromatic heterocycles. The summed E-state index contributed by atoms with van der Waals surface area (Å²) in [5, 5.41) is 8.35. The van der Waals surface area contributed by atoms with Crippen molar-refractivity contribution in [1.82, 2.24) is 19.9 Å². The smallest absolute Gasteiger partial charge is 0.278 e. The molecule has 7 heteroatoms. The van der Waals surface area contributed by atoms with Crippen LogP contribution in [-0.4, -0.2) is 19.9 Å². The lowest BCUT2D eigenvalue weighted by atomic mass is 9.77. The molecule has 4 rings (SSSR count). The van der Waals surface area contributed by atoms with Crippen molar-refractivity contribution in [1.29, 1.82) is 0 Å². The second kappa shape index (κ2) is 4.74. The number of rotatable bonds is 3. The Morgan fingerprint density at radius 2 is 1.95 bits per heavy atom. The molecular formula is C15H14FN5O. The summed E-state index contributed by atoms with van der Waals surface area (Å²) in [7, 11) is 0. The zero-order chi connectivity index (χ0) is 15.2. The topological polar surface area (TPSA) is 82.8 Å². The van der Waals surface area contributed by atoms with Gasteiger partial charge in [0.15, 0.2) is 11.5 Å². The zero-order valence-corrected chi connectivity index (χ0v) is 11.7. The number of hydrogen-bond donors (Lipinski definition) is 1. The molecular weight excluding hydrogens is 285 g/mol. The Kier molecular flexibility index (Phi) is 2.83. The zero-order valence-electron chi connectivity index (χ0n) is 11.7. The minimum Gasteiger partial charge on any atom is -0.332 e. The fourth-order valence-electron chi connectivity index (χ4n) is 2.49. The summed E-state index contributed by atoms with van der Waals surface area (Å²) in [5.41, 5.74) is 7.04. The van der Waals surface area contributed by atoms with Gasteiger partial charge in [-0.05, 0) is 49.6 Å². The molecule has 1 aliphatic carbocycles. The lowest BCUT2D eigenvalue weighted by Gasteiger charge is -2.34. The van der Waals surface area contributed by atoms with Crippen LogP contribution in [0.5, 0.6) is 0 Å². The third-order valence-electron chi connectivity index (χ3n) is 4.02. The maximum atomic E-state index is 13.0. The van der Waals surface area contributed by atoms with Gasteiger partial charge in [0.05, 0.1) is 11.2 Å². The lowest BCUT2D eigenvalue weighted by molar-refractivity contribution is 0.229. The standard InChI is InChI=1S/C15H14FN5O/c16-10-2-4-11(5-3-10)21-9-6-12(19-21)13-18-14(20-22-13)15(17)7-1-8-15/h2-6,9H,1,7-8,17H2. The summed E-state index contributed by atoms with van der Waals surface area (Å²) >= 11 is 0. The summed E-state index contributed by atoms with van der Waals surface area (Å²) in [6.07, 6.45) is 4.58. The first-order valence-corrected chi connectivity index (χ1v) is 7.09. The molecule has 0 amide bonds. The first kappa shape index (κ1) is 13.1. The maximum absolute atomic E-state index is 13.0. The monoisotopic (exact) mass is 299 g/mol. The number of nitrogens with zero attached hydrogens (tertiary/aromatic N) is 4. The lowest BCUT2D eigenvalue weighted by Crippen LogP contribution is -2.44. The van der Waals surface area contributed by atoms with Crippen molar-refractivity contribution in [3.63, 3.8) is 0 Å². The second-order valence-corrected chi connectivity index (χ2v) is 5.55. The fourth-order valence-corrected chi connectivity index (χ4v) is 2.49. The van der Waals surface area contributed by atoms with Crippen LogP contribution in [0.4, 0.5) is 4.39 Å². The number of aromatic nitrogens is 4. The molecule has 1 saturated carbocycles. The molecule has 1 fully saturated rings. The van der Waals surface area contributed by atoms with E-state index in [1.54, 1.807) is 29.1 Å². The molecule has 22 heavy (non-hydrogen) atoms. The Morgan fingerprint density at radius 1 is 1.18 bits per heavy atom. The van der Waals surface area contributed by atoms with Gasteiger partial charge in [0.1, 0.15) is 5.82 Å². The minimum absolute atomic E-state index is 0.286. The highest BCUT2D eigenvalue weighted by Crippen LogP contribution is 2.37. The van der Waals surface area contributed by atoms with Crippen LogP contribution in [0.3, 0.4) is 0 Å². The van der Waals surface area contributed by atoms with Crippen molar-refractivity contribution in [2.45, 2.75) is 24.8 Å². The van der Waals surface area contributed by atoms with E-state index in [0.717, 1.165) is 24.9 Å². The van der Waals surface area contributed by atoms with E-state index in [2.05, 4.69) is 15.2 Å². The summed E-state index contributed by atoms with van der Waals surface area (Å²) in [6, 6.07) is 7.83. The van der Waals surface area contributed by atoms with Gasteiger partial charge < -0.3 is 10.3 Å². The van der Waals surface area contributed by atoms with Crippen LogP contribution in [0.15, 0.2) is 41.1 Å². The van der Waals surface area contributed by atoms with E-state index in [-0.39, 0.29) is 5.82 Å². The van der Waals surface area contributed by atoms with Crippen molar-refractivity contribution in [2.24, 2.45) is 5.73 Å². The summed E-state index contributed by atoms with van der Waals surface area (Å²) < 4.78 is 19.8. The average molecular weight is 299 g/mol. The van der Waals surface area contributed by atoms with E-state index < -0.39 is 5.54 Å². The minimum atomic E-state index is -0.457. The third kappa shape index (κ3) is 2.10. The largest absolute Gasteiger partial charge is 0.332 e. The summed E-state index contributed by atoms with van der Waals surface area (Å²) in [5.74, 6) is 0.587. The third-order valence-corrected chi connectivity index (χ3v) is 4.02. The van der Waals surface area contributed by atoms with Gasteiger partial charge in [0, 0.05) is 6.20 Å². The number of hydrogen-bond acceptors (Lipinski definition) is 5. The Bertz CT molecular complexity index is 803. The van der Waals surface area contributed by atoms with Gasteiger partial charge in [-0.2, -0.15) is 10.1 Å². The Hall–Kier alpha value is -2.54. The van der Waals surface area contributed by atoms with Crippen molar-refractivity contribution in [2.75, 3.05) is 0 Å². The highest BCUT2D eigenvalue weighted by Gasteiger charge is 2.39. The molecule has 2 heterocycles. The molecule has 0 aliphatic heterocycles. The van der Waals surface area contributed by atoms with Crippen molar-refractivity contribution < 1.29 is 8.91 Å². The van der Waals surface area contributed by atoms with Crippen molar-refractivity contribution in [3.8, 4) is 17.3 Å². The molecule has 1 aliphatic rings. The van der Waals surface area contributed by atoms with Crippen molar-refractivity contribution in [3.05, 3.63) is 48.2 Å². The van der Waals surface area contributed by atoms with Crippen LogP contribution in [0, 0.1) is 5.82 Å². The van der Waals surface area contributed by atoms with Crippen molar-refractivity contribution >= 4 is 0 Å². The van der Waals surface area contributed by atoms with E-state index in [4.69, 9.17) is 10.3 Å². The number of nitrogens with two attached hydrogens (primary N) is 1. The van der Waals surface area contributed by atoms with Gasteiger partial charge in [0.25, 0.3) is 5.89 Å². The quantitative estimate of drug-likeness (QED) is 0.803. The maximum Gasteiger partial charge on any atom is 0.278 e. The number of halogens is 1. The predicted molar refractivity (Wildman–Crippen MR) is 76.5 cm³/mol. The molecule has 112 valence electrons. The molecule has 0 atom stereocenters. The Morgan fingerprint density at radius 3 is 2.64 bits per heavy atom. The molecule has 0 unspecified atom stereocenters. The molecule has 0 spiro atoms. The van der Waals surface area contributed by atoms with Gasteiger partial charge >= 0.3 is 0 Å². The summed E-state index contributed by atoms with van der Waals surface area (Å²) in [6.45, 7) is 0. The van der Waals surface area contributed by atoms with E-state index in [1.165, 1.54) is 12.1 Å². The van der Waals surface area contributed by atoms with Crippen LogP contribution in [0.25, 0.3) is 17.3 Å². The average Bonchev–Trinajstić information content (AvgIpc) is 3.14. The molecule has 3 aromatic rings. The van der Waals surface area contributed by atoms with E-state index in [9.17, 15) is 4.39 Å². The van der Waals surface area contributed by atoms with E-state index in [1.807, 2.05) is 0 Å². The van der Waals surface area contributed by atoms with Gasteiger partial charge in [-0.1, -0.05) is 5.16 Å². The fraction of sp³-hybridized carbons (Fsp3) is 0.267. The van der Waals surface area contributed by atoms with Gasteiger partial charge in [0.2, 0.25) is 0 Å². The van der Waals surface area contributed by atoms with Crippen LogP contribution in [-0.2, 0) is 5.54 Å². The second-order valence-electron chi connectivity index (χ2n) is 5.55. The van der Waals surface area contributed by atoms with Crippen LogP contribution >= 0.6 is 0 Å². The highest BCUT2D eigenvalue weighted by atomic mass is 19.1. The Balaban J connectivity index is 1.63.